The number of hydrogen-bond acceptors (Lipinski definition) is 3. The molecule has 0 unspecified atom stereocenters. The molecular weight excluding hydrogens is 381 g/mol. The molecule has 2 aromatic heterocycles. The molecule has 3 aromatic rings. The number of nitrogens with two attached hydrogens (primary N) is 1. The summed E-state index contributed by atoms with van der Waals surface area (Å²) in [6, 6.07) is 10.0. The van der Waals surface area contributed by atoms with Crippen molar-refractivity contribution in [1.29, 1.82) is 5.41 Å². The molecule has 150 valence electrons. The number of nitrogen functional groups attached to an aromatic ring is 1. The van der Waals surface area contributed by atoms with Crippen molar-refractivity contribution in [2.75, 3.05) is 5.73 Å². The molecule has 5 nitrogen and oxygen atoms in total. The molecule has 0 spiro atoms. The fourth-order valence-electron chi connectivity index (χ4n) is 3.09. The average molecular weight is 401 g/mol. The molecule has 0 saturated heterocycles. The third-order valence-electron chi connectivity index (χ3n) is 4.59. The van der Waals surface area contributed by atoms with E-state index < -0.39 is 11.7 Å². The first-order valence-electron chi connectivity index (χ1n) is 8.79. The minimum absolute atomic E-state index is 0.0193. The van der Waals surface area contributed by atoms with Crippen molar-refractivity contribution < 1.29 is 17.7 Å². The van der Waals surface area contributed by atoms with E-state index in [1.165, 1.54) is 15.2 Å². The van der Waals surface area contributed by atoms with Gasteiger partial charge in [-0.1, -0.05) is 18.2 Å². The summed E-state index contributed by atoms with van der Waals surface area (Å²) >= 11 is 0. The van der Waals surface area contributed by atoms with Gasteiger partial charge in [-0.3, -0.25) is 4.79 Å². The second kappa shape index (κ2) is 7.54. The van der Waals surface area contributed by atoms with Crippen LogP contribution in [0.25, 0.3) is 11.1 Å². The highest BCUT2D eigenvalue weighted by atomic mass is 19.4. The van der Waals surface area contributed by atoms with Crippen LogP contribution < -0.4 is 15.9 Å². The van der Waals surface area contributed by atoms with E-state index in [0.29, 0.717) is 11.1 Å². The maximum atomic E-state index is 12.9. The largest absolute Gasteiger partial charge is 0.416 e. The Morgan fingerprint density at radius 3 is 2.55 bits per heavy atom. The summed E-state index contributed by atoms with van der Waals surface area (Å²) in [7, 11) is 1.65. The number of halogens is 3. The third kappa shape index (κ3) is 4.37. The van der Waals surface area contributed by atoms with Gasteiger partial charge in [0.2, 0.25) is 11.7 Å². The molecule has 0 saturated carbocycles. The maximum absolute atomic E-state index is 12.9. The van der Waals surface area contributed by atoms with E-state index in [-0.39, 0.29) is 23.6 Å². The summed E-state index contributed by atoms with van der Waals surface area (Å²) in [6.45, 7) is 1.72. The molecule has 3 rings (SSSR count). The lowest BCUT2D eigenvalue weighted by molar-refractivity contribution is -0.542. The van der Waals surface area contributed by atoms with Crippen molar-refractivity contribution in [3.8, 4) is 11.1 Å². The summed E-state index contributed by atoms with van der Waals surface area (Å²) < 4.78 is 41.7. The number of alkyl halides is 3. The standard InChI is InChI=1S/C21H19F3N4O/c1-13-8-16(11-27(2)20(13)29)15-6-7-18(25)28(12-15)19(26)10-14-4-3-5-17(9-14)21(22,23)24/h3-9,11-12,25-26H,10H2,1-2H3/p+1. The Morgan fingerprint density at radius 2 is 1.90 bits per heavy atom. The quantitative estimate of drug-likeness (QED) is 0.401. The van der Waals surface area contributed by atoms with Crippen LogP contribution in [0.1, 0.15) is 16.7 Å². The van der Waals surface area contributed by atoms with Crippen molar-refractivity contribution in [2.45, 2.75) is 19.5 Å². The molecule has 1 aromatic carbocycles. The molecule has 2 heterocycles. The van der Waals surface area contributed by atoms with E-state index in [1.807, 2.05) is 0 Å². The van der Waals surface area contributed by atoms with E-state index in [2.05, 4.69) is 0 Å². The Balaban J connectivity index is 1.94. The van der Waals surface area contributed by atoms with Crippen molar-refractivity contribution in [2.24, 2.45) is 7.05 Å². The minimum atomic E-state index is -4.44. The number of aromatic nitrogens is 2. The molecule has 8 heteroatoms. The number of pyridine rings is 2. The van der Waals surface area contributed by atoms with Gasteiger partial charge >= 0.3 is 6.18 Å². The van der Waals surface area contributed by atoms with E-state index >= 15 is 0 Å². The molecule has 0 atom stereocenters. The highest BCUT2D eigenvalue weighted by Gasteiger charge is 2.30. The van der Waals surface area contributed by atoms with E-state index in [9.17, 15) is 18.0 Å². The molecular formula is C21H20F3N4O+. The van der Waals surface area contributed by atoms with Crippen molar-refractivity contribution in [1.82, 2.24) is 4.57 Å². The molecule has 0 aliphatic carbocycles. The SMILES string of the molecule is Cc1cc(-c2ccc(N)[n+](C(=N)Cc3cccc(C(F)(F)F)c3)c2)cn(C)c1=O. The van der Waals surface area contributed by atoms with Crippen LogP contribution in [-0.2, 0) is 19.6 Å². The lowest BCUT2D eigenvalue weighted by Gasteiger charge is -2.11. The van der Waals surface area contributed by atoms with Crippen LogP contribution in [-0.4, -0.2) is 10.4 Å². The summed E-state index contributed by atoms with van der Waals surface area (Å²) in [4.78, 5) is 11.9. The first kappa shape index (κ1) is 20.3. The monoisotopic (exact) mass is 401 g/mol. The smallest absolute Gasteiger partial charge is 0.318 e. The van der Waals surface area contributed by atoms with Crippen LogP contribution in [0.3, 0.4) is 0 Å². The Kier molecular flexibility index (Phi) is 5.28. The Morgan fingerprint density at radius 1 is 1.17 bits per heavy atom. The Labute approximate surface area is 165 Å². The van der Waals surface area contributed by atoms with Gasteiger partial charge < -0.3 is 10.3 Å². The van der Waals surface area contributed by atoms with E-state index in [4.69, 9.17) is 11.1 Å². The molecule has 0 radical (unpaired) electrons. The summed E-state index contributed by atoms with van der Waals surface area (Å²) in [6.07, 6.45) is -1.13. The number of nitrogens with one attached hydrogen (secondary N) is 1. The fourth-order valence-corrected chi connectivity index (χ4v) is 3.09. The molecule has 0 bridgehead atoms. The van der Waals surface area contributed by atoms with Gasteiger partial charge in [0.1, 0.15) is 0 Å². The second-order valence-electron chi connectivity index (χ2n) is 6.86. The topological polar surface area (TPSA) is 75.8 Å². The first-order chi connectivity index (χ1) is 13.6. The van der Waals surface area contributed by atoms with Crippen LogP contribution in [0.5, 0.6) is 0 Å². The van der Waals surface area contributed by atoms with Gasteiger partial charge in [-0.15, -0.1) is 0 Å². The normalized spacial score (nSPS) is 11.5. The minimum Gasteiger partial charge on any atom is -0.318 e. The number of nitrogens with zero attached hydrogens (tertiary/aromatic N) is 2. The molecule has 0 amide bonds. The lowest BCUT2D eigenvalue weighted by Crippen LogP contribution is -2.45. The zero-order valence-corrected chi connectivity index (χ0v) is 15.9. The summed E-state index contributed by atoms with van der Waals surface area (Å²) in [5.41, 5.74) is 7.57. The predicted molar refractivity (Wildman–Crippen MR) is 105 cm³/mol. The molecule has 0 aliphatic heterocycles. The number of hydrogen-bond donors (Lipinski definition) is 2. The van der Waals surface area contributed by atoms with Crippen LogP contribution in [0.4, 0.5) is 19.0 Å². The van der Waals surface area contributed by atoms with Crippen LogP contribution >= 0.6 is 0 Å². The highest BCUT2D eigenvalue weighted by molar-refractivity contribution is 5.75. The number of anilines is 1. The zero-order valence-electron chi connectivity index (χ0n) is 15.9. The van der Waals surface area contributed by atoms with Crippen LogP contribution in [0, 0.1) is 12.3 Å². The van der Waals surface area contributed by atoms with Crippen LogP contribution in [0.15, 0.2) is 59.7 Å². The van der Waals surface area contributed by atoms with Gasteiger partial charge in [0.25, 0.3) is 5.56 Å². The summed E-state index contributed by atoms with van der Waals surface area (Å²) in [5, 5.41) is 8.36. The van der Waals surface area contributed by atoms with Crippen molar-refractivity contribution in [3.63, 3.8) is 0 Å². The zero-order chi connectivity index (χ0) is 21.3. The van der Waals surface area contributed by atoms with Gasteiger partial charge in [-0.25, -0.2) is 4.57 Å². The van der Waals surface area contributed by atoms with Crippen LogP contribution in [0.2, 0.25) is 0 Å². The predicted octanol–water partition coefficient (Wildman–Crippen LogP) is 3.32. The highest BCUT2D eigenvalue weighted by Crippen LogP contribution is 2.29. The Hall–Kier alpha value is -3.42. The van der Waals surface area contributed by atoms with Gasteiger partial charge in [-0.05, 0) is 30.7 Å². The molecule has 0 fully saturated rings. The first-order valence-corrected chi connectivity index (χ1v) is 8.79. The number of benzene rings is 1. The van der Waals surface area contributed by atoms with Gasteiger partial charge in [0.15, 0.2) is 0 Å². The lowest BCUT2D eigenvalue weighted by atomic mass is 10.1. The van der Waals surface area contributed by atoms with Crippen molar-refractivity contribution in [3.05, 3.63) is 81.9 Å². The van der Waals surface area contributed by atoms with Gasteiger partial charge in [0, 0.05) is 36.0 Å². The Bertz CT molecular complexity index is 1120. The second-order valence-corrected chi connectivity index (χ2v) is 6.86. The van der Waals surface area contributed by atoms with E-state index in [1.54, 1.807) is 50.6 Å². The number of aryl methyl sites for hydroxylation is 2. The van der Waals surface area contributed by atoms with E-state index in [0.717, 1.165) is 23.3 Å². The summed E-state index contributed by atoms with van der Waals surface area (Å²) in [5.74, 6) is 0.317. The molecule has 0 aliphatic rings. The number of rotatable bonds is 3. The van der Waals surface area contributed by atoms with Gasteiger partial charge in [-0.2, -0.15) is 18.6 Å². The molecule has 3 N–H and O–H groups in total. The maximum Gasteiger partial charge on any atom is 0.416 e. The average Bonchev–Trinajstić information content (AvgIpc) is 2.65. The van der Waals surface area contributed by atoms with Gasteiger partial charge in [0.05, 0.1) is 18.2 Å². The third-order valence-corrected chi connectivity index (χ3v) is 4.59. The fraction of sp³-hybridized carbons (Fsp3) is 0.190. The van der Waals surface area contributed by atoms with Crippen molar-refractivity contribution >= 4 is 11.7 Å². The molecule has 29 heavy (non-hydrogen) atoms.